The van der Waals surface area contributed by atoms with Crippen molar-refractivity contribution in [3.05, 3.63) is 60.1 Å². The van der Waals surface area contributed by atoms with Crippen LogP contribution in [0.25, 0.3) is 10.9 Å². The number of hydrogen-bond donors (Lipinski definition) is 1. The molecule has 3 unspecified atom stereocenters. The van der Waals surface area contributed by atoms with Gasteiger partial charge in [-0.15, -0.1) is 0 Å². The number of ether oxygens (including phenoxy) is 4. The van der Waals surface area contributed by atoms with E-state index >= 15 is 0 Å². The third kappa shape index (κ3) is 4.29. The minimum atomic E-state index is 0.0517. The fourth-order valence-electron chi connectivity index (χ4n) is 5.18. The fourth-order valence-corrected chi connectivity index (χ4v) is 5.18. The van der Waals surface area contributed by atoms with Crippen LogP contribution < -0.4 is 10.1 Å². The van der Waals surface area contributed by atoms with E-state index in [9.17, 15) is 0 Å². The Morgan fingerprint density at radius 1 is 1.12 bits per heavy atom. The van der Waals surface area contributed by atoms with Crippen molar-refractivity contribution in [1.82, 2.24) is 15.2 Å². The molecule has 5 heterocycles. The first kappa shape index (κ1) is 21.6. The minimum absolute atomic E-state index is 0.0517. The van der Waals surface area contributed by atoms with Crippen molar-refractivity contribution in [2.24, 2.45) is 4.99 Å². The van der Waals surface area contributed by atoms with Crippen LogP contribution in [0.15, 0.2) is 59.4 Å². The quantitative estimate of drug-likeness (QED) is 0.634. The molecule has 0 aliphatic carbocycles. The molecule has 0 amide bonds. The third-order valence-corrected chi connectivity index (χ3v) is 6.80. The molecule has 1 N–H and O–H groups in total. The van der Waals surface area contributed by atoms with Crippen LogP contribution in [0.2, 0.25) is 0 Å². The number of aliphatic imine (C=N–C) groups is 1. The number of benzene rings is 1. The van der Waals surface area contributed by atoms with Gasteiger partial charge in [0.1, 0.15) is 35.6 Å². The smallest absolute Gasteiger partial charge is 0.145 e. The maximum absolute atomic E-state index is 6.54. The number of amidine groups is 1. The van der Waals surface area contributed by atoms with E-state index in [0.717, 1.165) is 60.0 Å². The molecule has 4 aliphatic rings. The van der Waals surface area contributed by atoms with Crippen molar-refractivity contribution in [1.29, 1.82) is 0 Å². The Hall–Kier alpha value is -2.94. The minimum Gasteiger partial charge on any atom is -0.491 e. The maximum atomic E-state index is 6.54. The van der Waals surface area contributed by atoms with Crippen LogP contribution in [-0.4, -0.2) is 74.0 Å². The molecule has 2 saturated heterocycles. The number of aromatic nitrogens is 1. The lowest BCUT2D eigenvalue weighted by Crippen LogP contribution is -2.56. The Kier molecular flexibility index (Phi) is 5.95. The number of morpholine rings is 1. The van der Waals surface area contributed by atoms with E-state index in [-0.39, 0.29) is 12.1 Å². The van der Waals surface area contributed by atoms with Gasteiger partial charge in [-0.25, -0.2) is 4.98 Å². The molecule has 8 heteroatoms. The first-order chi connectivity index (χ1) is 16.8. The second-order valence-electron chi connectivity index (χ2n) is 9.20. The molecule has 2 fully saturated rings. The van der Waals surface area contributed by atoms with Gasteiger partial charge in [-0.05, 0) is 18.2 Å². The van der Waals surface area contributed by atoms with Crippen LogP contribution in [-0.2, 0) is 14.2 Å². The number of methoxy groups -OCH3 is 1. The van der Waals surface area contributed by atoms with Crippen LogP contribution >= 0.6 is 0 Å². The van der Waals surface area contributed by atoms with Crippen molar-refractivity contribution in [3.8, 4) is 5.75 Å². The van der Waals surface area contributed by atoms with Crippen molar-refractivity contribution >= 4 is 16.7 Å². The number of pyridine rings is 1. The topological polar surface area (TPSA) is 77.4 Å². The number of rotatable bonds is 7. The summed E-state index contributed by atoms with van der Waals surface area (Å²) in [5, 5.41) is 4.71. The lowest BCUT2D eigenvalue weighted by Gasteiger charge is -2.40. The molecule has 2 aromatic rings. The van der Waals surface area contributed by atoms with Crippen molar-refractivity contribution < 1.29 is 18.9 Å². The predicted octanol–water partition coefficient (Wildman–Crippen LogP) is 2.96. The molecule has 1 aromatic heterocycles. The largest absolute Gasteiger partial charge is 0.491 e. The number of allylic oxidation sites excluding steroid dienone is 1. The summed E-state index contributed by atoms with van der Waals surface area (Å²) in [6.45, 7) is 3.25. The standard InChI is InChI=1S/C26H30N4O4/c1-31-9-10-33-20-7-8-30-23(14-27-25(30)13-20)22-6-5-17-3-2-4-24(26(17)29-22)34-21-11-18-15-32-16-19(12-21)28-18/h2-8,13,18-19,21,23,28H,9-12,14-16H2,1H3. The summed E-state index contributed by atoms with van der Waals surface area (Å²) < 4.78 is 23.0. The van der Waals surface area contributed by atoms with Gasteiger partial charge in [-0.2, -0.15) is 0 Å². The number of para-hydroxylation sites is 1. The van der Waals surface area contributed by atoms with Gasteiger partial charge in [-0.3, -0.25) is 4.99 Å². The molecule has 3 atom stereocenters. The molecule has 1 aromatic carbocycles. The Balaban J connectivity index is 1.21. The highest BCUT2D eigenvalue weighted by atomic mass is 16.5. The summed E-state index contributed by atoms with van der Waals surface area (Å²) in [6, 6.07) is 11.2. The highest BCUT2D eigenvalue weighted by molar-refractivity contribution is 5.97. The fraction of sp³-hybridized carbons (Fsp3) is 0.462. The number of fused-ring (bicyclic) bond motifs is 4. The Bertz CT molecular complexity index is 1130. The third-order valence-electron chi connectivity index (χ3n) is 6.80. The lowest BCUT2D eigenvalue weighted by atomic mass is 9.94. The van der Waals surface area contributed by atoms with Gasteiger partial charge in [0.05, 0.1) is 38.1 Å². The molecule has 34 heavy (non-hydrogen) atoms. The normalized spacial score (nSPS) is 27.9. The van der Waals surface area contributed by atoms with Crippen molar-refractivity contribution in [2.75, 3.05) is 40.1 Å². The average molecular weight is 463 g/mol. The van der Waals surface area contributed by atoms with E-state index in [2.05, 4.69) is 28.4 Å². The van der Waals surface area contributed by atoms with Crippen LogP contribution in [0.4, 0.5) is 0 Å². The van der Waals surface area contributed by atoms with Crippen LogP contribution in [0.1, 0.15) is 24.6 Å². The maximum Gasteiger partial charge on any atom is 0.145 e. The summed E-state index contributed by atoms with van der Waals surface area (Å²) >= 11 is 0. The summed E-state index contributed by atoms with van der Waals surface area (Å²) in [4.78, 5) is 12.0. The Morgan fingerprint density at radius 2 is 2.00 bits per heavy atom. The lowest BCUT2D eigenvalue weighted by molar-refractivity contribution is -0.0119. The van der Waals surface area contributed by atoms with Crippen LogP contribution in [0.5, 0.6) is 5.75 Å². The average Bonchev–Trinajstić information content (AvgIpc) is 3.27. The van der Waals surface area contributed by atoms with Crippen LogP contribution in [0.3, 0.4) is 0 Å². The zero-order chi connectivity index (χ0) is 22.9. The number of hydrogen-bond acceptors (Lipinski definition) is 8. The van der Waals surface area contributed by atoms with E-state index in [0.29, 0.717) is 31.8 Å². The first-order valence-electron chi connectivity index (χ1n) is 12.0. The molecule has 0 spiro atoms. The molecule has 6 rings (SSSR count). The Labute approximate surface area is 199 Å². The molecule has 178 valence electrons. The van der Waals surface area contributed by atoms with Gasteiger partial charge < -0.3 is 29.2 Å². The molecule has 8 nitrogen and oxygen atoms in total. The van der Waals surface area contributed by atoms with Crippen molar-refractivity contribution in [2.45, 2.75) is 37.1 Å². The molecule has 0 saturated carbocycles. The monoisotopic (exact) mass is 462 g/mol. The summed E-state index contributed by atoms with van der Waals surface area (Å²) in [5.41, 5.74) is 1.90. The van der Waals surface area contributed by atoms with Gasteiger partial charge in [0.25, 0.3) is 0 Å². The van der Waals surface area contributed by atoms with Crippen molar-refractivity contribution in [3.63, 3.8) is 0 Å². The zero-order valence-corrected chi connectivity index (χ0v) is 19.4. The van der Waals surface area contributed by atoms with Gasteiger partial charge in [0, 0.05) is 49.7 Å². The molecular formula is C26H30N4O4. The number of nitrogens with zero attached hydrogens (tertiary/aromatic N) is 3. The van der Waals surface area contributed by atoms with Crippen LogP contribution in [0, 0.1) is 0 Å². The molecule has 0 radical (unpaired) electrons. The van der Waals surface area contributed by atoms with E-state index < -0.39 is 0 Å². The second-order valence-corrected chi connectivity index (χ2v) is 9.20. The van der Waals surface area contributed by atoms with E-state index in [4.69, 9.17) is 28.9 Å². The zero-order valence-electron chi connectivity index (χ0n) is 19.4. The van der Waals surface area contributed by atoms with E-state index in [1.165, 1.54) is 0 Å². The second kappa shape index (κ2) is 9.37. The number of nitrogens with one attached hydrogen (secondary N) is 1. The van der Waals surface area contributed by atoms with Gasteiger partial charge in [-0.1, -0.05) is 18.2 Å². The summed E-state index contributed by atoms with van der Waals surface area (Å²) in [5.74, 6) is 2.55. The Morgan fingerprint density at radius 3 is 2.85 bits per heavy atom. The summed E-state index contributed by atoms with van der Waals surface area (Å²) in [7, 11) is 1.67. The van der Waals surface area contributed by atoms with E-state index in [1.54, 1.807) is 7.11 Å². The molecule has 4 aliphatic heterocycles. The molecule has 2 bridgehead atoms. The highest BCUT2D eigenvalue weighted by Crippen LogP contribution is 2.33. The predicted molar refractivity (Wildman–Crippen MR) is 129 cm³/mol. The summed E-state index contributed by atoms with van der Waals surface area (Å²) in [6.07, 6.45) is 8.05. The van der Waals surface area contributed by atoms with E-state index in [1.807, 2.05) is 30.5 Å². The SMILES string of the molecule is COCCOC1=CC2=NCC(c3ccc4cccc(OC5CC6COCC(C5)N6)c4n3)N2C=C1. The first-order valence-corrected chi connectivity index (χ1v) is 12.0. The molecular weight excluding hydrogens is 432 g/mol. The number of piperidine rings is 1. The van der Waals surface area contributed by atoms with Gasteiger partial charge in [0.15, 0.2) is 0 Å². The van der Waals surface area contributed by atoms with Gasteiger partial charge in [0.2, 0.25) is 0 Å². The van der Waals surface area contributed by atoms with Gasteiger partial charge >= 0.3 is 0 Å². The highest BCUT2D eigenvalue weighted by Gasteiger charge is 2.34.